The number of hydrogen-bond donors (Lipinski definition) is 0. The van der Waals surface area contributed by atoms with Crippen molar-refractivity contribution in [3.8, 4) is 0 Å². The molecular formula is C15F32. The van der Waals surface area contributed by atoms with E-state index in [1.54, 1.807) is 0 Å². The summed E-state index contributed by atoms with van der Waals surface area (Å²) in [5.41, 5.74) is 0. The standard InChI is InChI=1S/C15F32/c16-1(17,2(18,19)4(22,23)6(26,27)8(30,31)10(34,35)12(38,39)14(42,43)44)3(20,21)5(24,25)7(28,29)9(32,33)11(36,37)13(40,41)15(45,46)47. The summed E-state index contributed by atoms with van der Waals surface area (Å²) in [5.74, 6) is -126. The molecule has 0 atom stereocenters. The third kappa shape index (κ3) is 4.98. The van der Waals surface area contributed by atoms with Gasteiger partial charge < -0.3 is 0 Å². The number of alkyl halides is 32. The van der Waals surface area contributed by atoms with E-state index in [0.717, 1.165) is 0 Å². The molecule has 0 heterocycles. The Morgan fingerprint density at radius 1 is 0.106 bits per heavy atom. The van der Waals surface area contributed by atoms with Gasteiger partial charge in [0.1, 0.15) is 0 Å². The van der Waals surface area contributed by atoms with Gasteiger partial charge in [-0.3, -0.25) is 0 Å². The van der Waals surface area contributed by atoms with Crippen LogP contribution in [0.4, 0.5) is 140 Å². The van der Waals surface area contributed by atoms with Crippen molar-refractivity contribution in [2.75, 3.05) is 0 Å². The van der Waals surface area contributed by atoms with Gasteiger partial charge in [-0.05, 0) is 0 Å². The van der Waals surface area contributed by atoms with Crippen LogP contribution in [0.5, 0.6) is 0 Å². The molecule has 0 aromatic heterocycles. The van der Waals surface area contributed by atoms with E-state index in [2.05, 4.69) is 0 Å². The Hall–Kier alpha value is -2.24. The molecule has 0 bridgehead atoms. The lowest BCUT2D eigenvalue weighted by atomic mass is 9.83. The first-order chi connectivity index (χ1) is 19.5. The second-order valence-electron chi connectivity index (χ2n) is 8.46. The van der Waals surface area contributed by atoms with Gasteiger partial charge in [0.25, 0.3) is 0 Å². The highest BCUT2D eigenvalue weighted by Gasteiger charge is 3.01. The molecule has 0 rings (SSSR count). The largest absolute Gasteiger partial charge is 0.460 e. The molecule has 0 amide bonds. The summed E-state index contributed by atoms with van der Waals surface area (Å²) in [6.07, 6.45) is -16.7. The van der Waals surface area contributed by atoms with Gasteiger partial charge >= 0.3 is 89.3 Å². The van der Waals surface area contributed by atoms with Crippen LogP contribution in [-0.4, -0.2) is 89.3 Å². The Morgan fingerprint density at radius 2 is 0.170 bits per heavy atom. The van der Waals surface area contributed by atoms with E-state index in [4.69, 9.17) is 0 Å². The van der Waals surface area contributed by atoms with Gasteiger partial charge in [0.15, 0.2) is 0 Å². The molecule has 0 aliphatic carbocycles. The van der Waals surface area contributed by atoms with Crippen molar-refractivity contribution >= 4 is 0 Å². The molecule has 0 aromatic carbocycles. The van der Waals surface area contributed by atoms with Gasteiger partial charge in [-0.15, -0.1) is 0 Å². The fourth-order valence-corrected chi connectivity index (χ4v) is 2.52. The van der Waals surface area contributed by atoms with Crippen molar-refractivity contribution in [3.05, 3.63) is 0 Å². The average molecular weight is 788 g/mol. The van der Waals surface area contributed by atoms with Crippen molar-refractivity contribution in [2.45, 2.75) is 89.3 Å². The van der Waals surface area contributed by atoms with E-state index in [1.165, 1.54) is 0 Å². The van der Waals surface area contributed by atoms with Crippen LogP contribution < -0.4 is 0 Å². The lowest BCUT2D eigenvalue weighted by Crippen LogP contribution is -2.79. The van der Waals surface area contributed by atoms with Crippen molar-refractivity contribution in [1.29, 1.82) is 0 Å². The molecule has 0 aliphatic heterocycles. The highest BCUT2D eigenvalue weighted by molar-refractivity contribution is 5.21. The average Bonchev–Trinajstić information content (AvgIpc) is 2.80. The molecule has 47 heavy (non-hydrogen) atoms. The molecule has 0 radical (unpaired) electrons. The van der Waals surface area contributed by atoms with Crippen LogP contribution in [0, 0.1) is 0 Å². The molecule has 0 nitrogen and oxygen atoms in total. The first kappa shape index (κ1) is 44.8. The Balaban J connectivity index is 7.61. The van der Waals surface area contributed by atoms with E-state index in [0.29, 0.717) is 0 Å². The molecule has 0 unspecified atom stereocenters. The third-order valence-corrected chi connectivity index (χ3v) is 5.44. The fraction of sp³-hybridized carbons (Fsp3) is 1.00. The second kappa shape index (κ2) is 10.4. The van der Waals surface area contributed by atoms with Crippen molar-refractivity contribution in [3.63, 3.8) is 0 Å². The maximum absolute atomic E-state index is 13.6. The quantitative estimate of drug-likeness (QED) is 0.173. The van der Waals surface area contributed by atoms with Gasteiger partial charge in [0.2, 0.25) is 0 Å². The van der Waals surface area contributed by atoms with E-state index in [9.17, 15) is 140 Å². The molecule has 0 aromatic rings. The smallest absolute Gasteiger partial charge is 0.192 e. The van der Waals surface area contributed by atoms with Gasteiger partial charge in [-0.2, -0.15) is 140 Å². The van der Waals surface area contributed by atoms with E-state index >= 15 is 0 Å². The molecule has 284 valence electrons. The van der Waals surface area contributed by atoms with Crippen LogP contribution >= 0.6 is 0 Å². The summed E-state index contributed by atoms with van der Waals surface area (Å²) >= 11 is 0. The normalized spacial score (nSPS) is 17.4. The highest BCUT2D eigenvalue weighted by Crippen LogP contribution is 2.69. The number of hydrogen-bond acceptors (Lipinski definition) is 0. The van der Waals surface area contributed by atoms with Crippen molar-refractivity contribution in [1.82, 2.24) is 0 Å². The van der Waals surface area contributed by atoms with E-state index in [1.807, 2.05) is 0 Å². The van der Waals surface area contributed by atoms with Crippen molar-refractivity contribution in [2.24, 2.45) is 0 Å². The molecule has 0 saturated heterocycles. The molecule has 0 aliphatic rings. The zero-order valence-electron chi connectivity index (χ0n) is 19.6. The summed E-state index contributed by atoms with van der Waals surface area (Å²) < 4.78 is 417. The maximum Gasteiger partial charge on any atom is 0.460 e. The van der Waals surface area contributed by atoms with Crippen LogP contribution in [-0.2, 0) is 0 Å². The van der Waals surface area contributed by atoms with Crippen LogP contribution in [0.2, 0.25) is 0 Å². The summed E-state index contributed by atoms with van der Waals surface area (Å²) in [5, 5.41) is 0. The monoisotopic (exact) mass is 788 g/mol. The molecule has 0 N–H and O–H groups in total. The van der Waals surface area contributed by atoms with Crippen LogP contribution in [0.1, 0.15) is 0 Å². The minimum absolute atomic E-state index is 8.35. The Bertz CT molecular complexity index is 1050. The first-order valence-electron chi connectivity index (χ1n) is 9.55. The first-order valence-corrected chi connectivity index (χ1v) is 9.55. The third-order valence-electron chi connectivity index (χ3n) is 5.44. The fourth-order valence-electron chi connectivity index (χ4n) is 2.52. The van der Waals surface area contributed by atoms with E-state index < -0.39 is 89.3 Å². The Morgan fingerprint density at radius 3 is 0.234 bits per heavy atom. The summed E-state index contributed by atoms with van der Waals surface area (Å²) in [4.78, 5) is 0. The molecule has 0 fully saturated rings. The predicted molar refractivity (Wildman–Crippen MR) is 76.4 cm³/mol. The lowest BCUT2D eigenvalue weighted by molar-refractivity contribution is -0.491. The van der Waals surface area contributed by atoms with Gasteiger partial charge in [0.05, 0.1) is 0 Å². The second-order valence-corrected chi connectivity index (χ2v) is 8.46. The summed E-state index contributed by atoms with van der Waals surface area (Å²) in [6.45, 7) is 0. The van der Waals surface area contributed by atoms with Crippen molar-refractivity contribution < 1.29 is 140 Å². The summed E-state index contributed by atoms with van der Waals surface area (Å²) in [6, 6.07) is 0. The topological polar surface area (TPSA) is 0 Å². The lowest BCUT2D eigenvalue weighted by Gasteiger charge is -2.46. The molecule has 0 spiro atoms. The van der Waals surface area contributed by atoms with Crippen LogP contribution in [0.25, 0.3) is 0 Å². The summed E-state index contributed by atoms with van der Waals surface area (Å²) in [7, 11) is 0. The SMILES string of the molecule is FC(F)(F)C(F)(F)C(F)(F)C(F)(F)C(F)(F)C(F)(F)C(F)(F)C(F)(F)C(F)(F)C(F)(F)C(F)(F)C(F)(F)C(F)(F)C(F)(F)C(F)(F)F. The minimum Gasteiger partial charge on any atom is -0.192 e. The molecule has 0 saturated carbocycles. The van der Waals surface area contributed by atoms with Crippen LogP contribution in [0.3, 0.4) is 0 Å². The highest BCUT2D eigenvalue weighted by atomic mass is 19.4. The van der Waals surface area contributed by atoms with Crippen LogP contribution in [0.15, 0.2) is 0 Å². The number of halogens is 32. The van der Waals surface area contributed by atoms with Gasteiger partial charge in [-0.25, -0.2) is 0 Å². The van der Waals surface area contributed by atoms with E-state index in [-0.39, 0.29) is 0 Å². The minimum atomic E-state index is -10.1. The Labute approximate surface area is 231 Å². The van der Waals surface area contributed by atoms with Gasteiger partial charge in [0, 0.05) is 0 Å². The molecule has 32 heteroatoms. The Kier molecular flexibility index (Phi) is 9.89. The zero-order valence-corrected chi connectivity index (χ0v) is 19.6. The predicted octanol–water partition coefficient (Wildman–Crippen LogP) is 10.4. The van der Waals surface area contributed by atoms with Gasteiger partial charge in [-0.1, -0.05) is 0 Å². The molecular weight excluding hydrogens is 788 g/mol. The maximum atomic E-state index is 13.6. The zero-order chi connectivity index (χ0) is 39.5. The number of rotatable bonds is 12.